The molecule has 3 unspecified atom stereocenters. The Bertz CT molecular complexity index is 975. The molecule has 3 N–H and O–H groups in total. The summed E-state index contributed by atoms with van der Waals surface area (Å²) in [6.07, 6.45) is -1.68. The van der Waals surface area contributed by atoms with Gasteiger partial charge >= 0.3 is 6.18 Å². The minimum atomic E-state index is -4.44. The van der Waals surface area contributed by atoms with Crippen molar-refractivity contribution in [2.45, 2.75) is 38.0 Å². The summed E-state index contributed by atoms with van der Waals surface area (Å²) in [7, 11) is 1.84. The number of likely N-dealkylation sites (N-methyl/N-ethyl adjacent to an activating group) is 1. The number of aliphatic hydroxyl groups excluding tert-OH is 1. The van der Waals surface area contributed by atoms with E-state index in [1.165, 1.54) is 0 Å². The Morgan fingerprint density at radius 1 is 1.41 bits per heavy atom. The van der Waals surface area contributed by atoms with Crippen LogP contribution in [0.2, 0.25) is 0 Å². The second-order valence-electron chi connectivity index (χ2n) is 7.89. The number of H-pyrrole nitrogens is 1. The fraction of sp³-hybridized carbons (Fsp3) is 0.476. The Morgan fingerprint density at radius 3 is 2.83 bits per heavy atom. The Morgan fingerprint density at radius 2 is 2.17 bits per heavy atom. The lowest BCUT2D eigenvalue weighted by molar-refractivity contribution is -0.141. The number of hydrogen-bond acceptors (Lipinski definition) is 3. The number of nitrogens with zero attached hydrogens (tertiary/aromatic N) is 1. The van der Waals surface area contributed by atoms with Crippen molar-refractivity contribution in [2.75, 3.05) is 20.2 Å². The maximum atomic E-state index is 13.6. The fourth-order valence-corrected chi connectivity index (χ4v) is 4.53. The van der Waals surface area contributed by atoms with E-state index in [2.05, 4.69) is 10.3 Å². The number of rotatable bonds is 4. The molecule has 8 heteroatoms. The Labute approximate surface area is 166 Å². The topological polar surface area (TPSA) is 68.4 Å². The minimum Gasteiger partial charge on any atom is -0.394 e. The van der Waals surface area contributed by atoms with Gasteiger partial charge in [-0.3, -0.25) is 9.69 Å². The molecule has 0 bridgehead atoms. The average Bonchev–Trinajstić information content (AvgIpc) is 3.07. The van der Waals surface area contributed by atoms with Gasteiger partial charge in [-0.05, 0) is 42.7 Å². The zero-order chi connectivity index (χ0) is 20.9. The normalized spacial score (nSPS) is 22.9. The van der Waals surface area contributed by atoms with E-state index in [1.807, 2.05) is 31.0 Å². The van der Waals surface area contributed by atoms with Gasteiger partial charge in [0.05, 0.1) is 18.6 Å². The van der Waals surface area contributed by atoms with Crippen molar-refractivity contribution in [2.24, 2.45) is 5.92 Å². The summed E-state index contributed by atoms with van der Waals surface area (Å²) in [4.78, 5) is 17.2. The van der Waals surface area contributed by atoms with Crippen molar-refractivity contribution in [3.63, 3.8) is 0 Å². The van der Waals surface area contributed by atoms with Crippen LogP contribution in [-0.4, -0.2) is 53.2 Å². The SMILES string of the molecule is CCC(CO)NC(=O)C1C=C2c3cccc4[nH]c(C(F)(F)F)c(c34)CC2N(C)C1. The van der Waals surface area contributed by atoms with Crippen LogP contribution in [0, 0.1) is 5.92 Å². The molecular weight excluding hydrogens is 383 g/mol. The third kappa shape index (κ3) is 3.34. The molecule has 0 spiro atoms. The van der Waals surface area contributed by atoms with Crippen LogP contribution in [0.15, 0.2) is 24.3 Å². The first-order valence-electron chi connectivity index (χ1n) is 9.78. The van der Waals surface area contributed by atoms with Gasteiger partial charge in [0.15, 0.2) is 0 Å². The van der Waals surface area contributed by atoms with Crippen molar-refractivity contribution < 1.29 is 23.1 Å². The van der Waals surface area contributed by atoms with Crippen LogP contribution >= 0.6 is 0 Å². The zero-order valence-corrected chi connectivity index (χ0v) is 16.3. The van der Waals surface area contributed by atoms with E-state index in [1.54, 1.807) is 12.1 Å². The van der Waals surface area contributed by atoms with Crippen LogP contribution in [0.3, 0.4) is 0 Å². The lowest BCUT2D eigenvalue weighted by atomic mass is 9.79. The smallest absolute Gasteiger partial charge is 0.394 e. The number of aromatic nitrogens is 1. The van der Waals surface area contributed by atoms with Crippen molar-refractivity contribution in [1.29, 1.82) is 0 Å². The van der Waals surface area contributed by atoms with Gasteiger partial charge in [0, 0.05) is 23.5 Å². The van der Waals surface area contributed by atoms with Crippen molar-refractivity contribution in [1.82, 2.24) is 15.2 Å². The number of nitrogens with one attached hydrogen (secondary N) is 2. The van der Waals surface area contributed by atoms with E-state index in [9.17, 15) is 23.1 Å². The fourth-order valence-electron chi connectivity index (χ4n) is 4.53. The first kappa shape index (κ1) is 20.0. The van der Waals surface area contributed by atoms with Gasteiger partial charge in [-0.15, -0.1) is 0 Å². The molecule has 156 valence electrons. The van der Waals surface area contributed by atoms with E-state index < -0.39 is 17.8 Å². The molecule has 5 nitrogen and oxygen atoms in total. The van der Waals surface area contributed by atoms with Gasteiger partial charge in [0.25, 0.3) is 0 Å². The lowest BCUT2D eigenvalue weighted by Crippen LogP contribution is -2.48. The third-order valence-corrected chi connectivity index (χ3v) is 6.07. The Hall–Kier alpha value is -2.32. The van der Waals surface area contributed by atoms with Crippen LogP contribution < -0.4 is 5.32 Å². The number of hydrogen-bond donors (Lipinski definition) is 3. The number of carbonyl (C=O) groups excluding carboxylic acids is 1. The lowest BCUT2D eigenvalue weighted by Gasteiger charge is -2.40. The number of alkyl halides is 3. The predicted octanol–water partition coefficient (Wildman–Crippen LogP) is 2.94. The summed E-state index contributed by atoms with van der Waals surface area (Å²) in [6, 6.07) is 4.71. The first-order chi connectivity index (χ1) is 13.7. The zero-order valence-electron chi connectivity index (χ0n) is 16.3. The minimum absolute atomic E-state index is 0.129. The van der Waals surface area contributed by atoms with Crippen LogP contribution in [0.25, 0.3) is 16.5 Å². The van der Waals surface area contributed by atoms with Gasteiger partial charge in [-0.25, -0.2) is 0 Å². The Balaban J connectivity index is 1.78. The van der Waals surface area contributed by atoms with E-state index >= 15 is 0 Å². The van der Waals surface area contributed by atoms with E-state index in [4.69, 9.17) is 0 Å². The highest BCUT2D eigenvalue weighted by molar-refractivity contribution is 6.00. The summed E-state index contributed by atoms with van der Waals surface area (Å²) in [5.74, 6) is -0.601. The third-order valence-electron chi connectivity index (χ3n) is 6.07. The summed E-state index contributed by atoms with van der Waals surface area (Å²) in [5.41, 5.74) is 1.72. The molecule has 0 saturated heterocycles. The van der Waals surface area contributed by atoms with Crippen molar-refractivity contribution in [3.05, 3.63) is 41.1 Å². The number of halogens is 3. The highest BCUT2D eigenvalue weighted by Crippen LogP contribution is 2.45. The van der Waals surface area contributed by atoms with Crippen LogP contribution in [0.4, 0.5) is 13.2 Å². The molecule has 2 aliphatic rings. The number of aliphatic hydroxyl groups is 1. The number of benzene rings is 1. The quantitative estimate of drug-likeness (QED) is 0.730. The molecule has 2 aromatic rings. The molecule has 29 heavy (non-hydrogen) atoms. The largest absolute Gasteiger partial charge is 0.431 e. The summed E-state index contributed by atoms with van der Waals surface area (Å²) < 4.78 is 40.7. The highest BCUT2D eigenvalue weighted by Gasteiger charge is 2.42. The number of amides is 1. The predicted molar refractivity (Wildman–Crippen MR) is 104 cm³/mol. The summed E-state index contributed by atoms with van der Waals surface area (Å²) in [5, 5.41) is 12.8. The van der Waals surface area contributed by atoms with E-state index in [0.29, 0.717) is 29.4 Å². The molecule has 1 amide bonds. The molecule has 0 fully saturated rings. The van der Waals surface area contributed by atoms with Gasteiger partial charge < -0.3 is 15.4 Å². The number of fused-ring (bicyclic) bond motifs is 2. The second-order valence-corrected chi connectivity index (χ2v) is 7.89. The van der Waals surface area contributed by atoms with Gasteiger partial charge in [0.2, 0.25) is 5.91 Å². The molecule has 1 aromatic heterocycles. The Kier molecular flexibility index (Phi) is 4.94. The molecule has 2 heterocycles. The summed E-state index contributed by atoms with van der Waals surface area (Å²) >= 11 is 0. The molecule has 3 atom stereocenters. The van der Waals surface area contributed by atoms with Crippen LogP contribution in [0.1, 0.15) is 30.2 Å². The standard InChI is InChI=1S/C21H24F3N3O2/c1-3-12(10-28)25-20(29)11-7-14-13-5-4-6-16-18(13)15(8-17(14)27(2)9-11)19(26-16)21(22,23)24/h4-7,11-12,17,26,28H,3,8-10H2,1-2H3,(H,25,29). The average molecular weight is 407 g/mol. The van der Waals surface area contributed by atoms with Gasteiger partial charge in [-0.1, -0.05) is 25.1 Å². The van der Waals surface area contributed by atoms with Gasteiger partial charge in [0.1, 0.15) is 5.69 Å². The summed E-state index contributed by atoms with van der Waals surface area (Å²) in [6.45, 7) is 2.17. The molecular formula is C21H24F3N3O2. The van der Waals surface area contributed by atoms with E-state index in [-0.39, 0.29) is 31.0 Å². The number of aromatic amines is 1. The van der Waals surface area contributed by atoms with Gasteiger partial charge in [-0.2, -0.15) is 13.2 Å². The molecule has 1 aliphatic carbocycles. The monoisotopic (exact) mass is 407 g/mol. The van der Waals surface area contributed by atoms with Crippen molar-refractivity contribution >= 4 is 22.4 Å². The van der Waals surface area contributed by atoms with Crippen molar-refractivity contribution in [3.8, 4) is 0 Å². The van der Waals surface area contributed by atoms with E-state index in [0.717, 1.165) is 11.1 Å². The molecule has 0 saturated carbocycles. The number of carbonyl (C=O) groups is 1. The van der Waals surface area contributed by atoms with Crippen LogP contribution in [-0.2, 0) is 17.4 Å². The molecule has 1 aliphatic heterocycles. The maximum Gasteiger partial charge on any atom is 0.431 e. The highest BCUT2D eigenvalue weighted by atomic mass is 19.4. The maximum absolute atomic E-state index is 13.6. The molecule has 4 rings (SSSR count). The first-order valence-corrected chi connectivity index (χ1v) is 9.78. The van der Waals surface area contributed by atoms with Crippen LogP contribution in [0.5, 0.6) is 0 Å². The second kappa shape index (κ2) is 7.18. The molecule has 0 radical (unpaired) electrons. The molecule has 1 aromatic carbocycles.